The van der Waals surface area contributed by atoms with Crippen LogP contribution >= 0.6 is 0 Å². The Morgan fingerprint density at radius 3 is 2.68 bits per heavy atom. The van der Waals surface area contributed by atoms with E-state index in [-0.39, 0.29) is 16.8 Å². The second kappa shape index (κ2) is 4.95. The fourth-order valence-corrected chi connectivity index (χ4v) is 2.33. The monoisotopic (exact) mass is 266 g/mol. The Labute approximate surface area is 110 Å². The molecule has 102 valence electrons. The molecule has 0 heterocycles. The van der Waals surface area contributed by atoms with Crippen LogP contribution in [-0.2, 0) is 0 Å². The highest BCUT2D eigenvalue weighted by molar-refractivity contribution is 5.98. The molecule has 1 aromatic carbocycles. The number of rotatable bonds is 4. The van der Waals surface area contributed by atoms with Crippen LogP contribution in [0.25, 0.3) is 0 Å². The van der Waals surface area contributed by atoms with Crippen LogP contribution in [0.15, 0.2) is 18.2 Å². The lowest BCUT2D eigenvalue weighted by molar-refractivity contribution is -0.385. The van der Waals surface area contributed by atoms with Gasteiger partial charge in [-0.1, -0.05) is 6.92 Å². The zero-order chi connectivity index (χ0) is 14.0. The Morgan fingerprint density at radius 1 is 1.53 bits per heavy atom. The Balaban J connectivity index is 2.28. The van der Waals surface area contributed by atoms with Crippen molar-refractivity contribution < 1.29 is 14.1 Å². The summed E-state index contributed by atoms with van der Waals surface area (Å²) < 4.78 is 13.2. The maximum Gasteiger partial charge on any atom is 0.282 e. The summed E-state index contributed by atoms with van der Waals surface area (Å²) in [4.78, 5) is 22.3. The molecule has 0 atom stereocenters. The van der Waals surface area contributed by atoms with E-state index in [1.807, 2.05) is 6.92 Å². The van der Waals surface area contributed by atoms with Gasteiger partial charge >= 0.3 is 0 Å². The van der Waals surface area contributed by atoms with Gasteiger partial charge in [0, 0.05) is 11.6 Å². The molecule has 0 aromatic heterocycles. The van der Waals surface area contributed by atoms with Crippen LogP contribution in [0.2, 0.25) is 0 Å². The van der Waals surface area contributed by atoms with Crippen LogP contribution in [-0.4, -0.2) is 16.4 Å². The summed E-state index contributed by atoms with van der Waals surface area (Å²) in [6.45, 7) is 1.96. The number of carbonyl (C=O) groups is 1. The van der Waals surface area contributed by atoms with E-state index in [1.54, 1.807) is 0 Å². The molecule has 2 rings (SSSR count). The van der Waals surface area contributed by atoms with Crippen molar-refractivity contribution in [1.82, 2.24) is 5.32 Å². The van der Waals surface area contributed by atoms with Crippen molar-refractivity contribution in [3.05, 3.63) is 39.7 Å². The predicted octanol–water partition coefficient (Wildman–Crippen LogP) is 2.80. The van der Waals surface area contributed by atoms with Crippen LogP contribution in [0.1, 0.15) is 43.0 Å². The number of hydrogen-bond donors (Lipinski definition) is 1. The van der Waals surface area contributed by atoms with E-state index in [0.29, 0.717) is 0 Å². The zero-order valence-corrected chi connectivity index (χ0v) is 10.6. The van der Waals surface area contributed by atoms with Gasteiger partial charge in [-0.2, -0.15) is 0 Å². The number of nitrogens with zero attached hydrogens (tertiary/aromatic N) is 1. The van der Waals surface area contributed by atoms with E-state index in [0.717, 1.165) is 43.9 Å². The maximum absolute atomic E-state index is 13.2. The average Bonchev–Trinajstić information content (AvgIpc) is 2.33. The van der Waals surface area contributed by atoms with Gasteiger partial charge in [-0.05, 0) is 37.8 Å². The summed E-state index contributed by atoms with van der Waals surface area (Å²) in [6.07, 6.45) is 3.51. The van der Waals surface area contributed by atoms with Gasteiger partial charge in [0.15, 0.2) is 0 Å². The van der Waals surface area contributed by atoms with E-state index < -0.39 is 16.6 Å². The Hall–Kier alpha value is -1.98. The standard InChI is InChI=1S/C13H15FN2O3/c1-2-13(6-3-7-13)15-12(17)10-8-9(14)4-5-11(10)16(18)19/h4-5,8H,2-3,6-7H2,1H3,(H,15,17). The largest absolute Gasteiger partial charge is 0.346 e. The van der Waals surface area contributed by atoms with Crippen molar-refractivity contribution in [2.75, 3.05) is 0 Å². The molecule has 1 amide bonds. The number of nitrogens with one attached hydrogen (secondary N) is 1. The zero-order valence-electron chi connectivity index (χ0n) is 10.6. The van der Waals surface area contributed by atoms with Crippen LogP contribution in [0.3, 0.4) is 0 Å². The summed E-state index contributed by atoms with van der Waals surface area (Å²) in [5.74, 6) is -1.23. The van der Waals surface area contributed by atoms with Crippen molar-refractivity contribution in [3.8, 4) is 0 Å². The molecule has 19 heavy (non-hydrogen) atoms. The molecule has 1 aliphatic carbocycles. The highest BCUT2D eigenvalue weighted by Gasteiger charge is 2.37. The molecule has 0 saturated heterocycles. The van der Waals surface area contributed by atoms with Gasteiger partial charge in [-0.15, -0.1) is 0 Å². The lowest BCUT2D eigenvalue weighted by atomic mass is 9.74. The minimum atomic E-state index is -0.673. The number of halogens is 1. The van der Waals surface area contributed by atoms with Gasteiger partial charge in [0.25, 0.3) is 11.6 Å². The Morgan fingerprint density at radius 2 is 2.21 bits per heavy atom. The molecule has 1 fully saturated rings. The van der Waals surface area contributed by atoms with Gasteiger partial charge in [0.2, 0.25) is 0 Å². The van der Waals surface area contributed by atoms with Crippen LogP contribution < -0.4 is 5.32 Å². The van der Waals surface area contributed by atoms with E-state index in [2.05, 4.69) is 5.32 Å². The predicted molar refractivity (Wildman–Crippen MR) is 67.4 cm³/mol. The molecule has 0 unspecified atom stereocenters. The van der Waals surface area contributed by atoms with Crippen molar-refractivity contribution >= 4 is 11.6 Å². The SMILES string of the molecule is CCC1(NC(=O)c2cc(F)ccc2[N+](=O)[O-])CCC1. The molecule has 6 heteroatoms. The third-order valence-electron chi connectivity index (χ3n) is 3.77. The molecule has 1 aliphatic rings. The normalized spacial score (nSPS) is 16.5. The number of nitro groups is 1. The summed E-state index contributed by atoms with van der Waals surface area (Å²) in [5, 5.41) is 13.7. The van der Waals surface area contributed by atoms with E-state index in [9.17, 15) is 19.3 Å². The highest BCUT2D eigenvalue weighted by atomic mass is 19.1. The van der Waals surface area contributed by atoms with E-state index >= 15 is 0 Å². The fourth-order valence-electron chi connectivity index (χ4n) is 2.33. The average molecular weight is 266 g/mol. The first-order valence-corrected chi connectivity index (χ1v) is 6.24. The van der Waals surface area contributed by atoms with E-state index in [4.69, 9.17) is 0 Å². The lowest BCUT2D eigenvalue weighted by Gasteiger charge is -2.41. The third kappa shape index (κ3) is 2.57. The number of nitro benzene ring substituents is 1. The number of hydrogen-bond acceptors (Lipinski definition) is 3. The Kier molecular flexibility index (Phi) is 3.50. The summed E-state index contributed by atoms with van der Waals surface area (Å²) in [6, 6.07) is 2.91. The molecule has 0 spiro atoms. The summed E-state index contributed by atoms with van der Waals surface area (Å²) >= 11 is 0. The van der Waals surface area contributed by atoms with Gasteiger partial charge in [-0.3, -0.25) is 14.9 Å². The number of carbonyl (C=O) groups excluding carboxylic acids is 1. The minimum Gasteiger partial charge on any atom is -0.346 e. The first kappa shape index (κ1) is 13.5. The molecule has 0 aliphatic heterocycles. The van der Waals surface area contributed by atoms with Gasteiger partial charge in [0.05, 0.1) is 4.92 Å². The molecular formula is C13H15FN2O3. The maximum atomic E-state index is 13.2. The topological polar surface area (TPSA) is 72.2 Å². The first-order chi connectivity index (χ1) is 8.97. The van der Waals surface area contributed by atoms with Gasteiger partial charge < -0.3 is 5.32 Å². The fraction of sp³-hybridized carbons (Fsp3) is 0.462. The summed E-state index contributed by atoms with van der Waals surface area (Å²) in [5.41, 5.74) is -0.869. The van der Waals surface area contributed by atoms with Gasteiger partial charge in [0.1, 0.15) is 11.4 Å². The minimum absolute atomic E-state index is 0.218. The molecule has 1 saturated carbocycles. The first-order valence-electron chi connectivity index (χ1n) is 6.24. The van der Waals surface area contributed by atoms with Crippen LogP contribution in [0.5, 0.6) is 0 Å². The molecule has 0 radical (unpaired) electrons. The second-order valence-electron chi connectivity index (χ2n) is 4.86. The molecule has 5 nitrogen and oxygen atoms in total. The second-order valence-corrected chi connectivity index (χ2v) is 4.86. The highest BCUT2D eigenvalue weighted by Crippen LogP contribution is 2.35. The smallest absolute Gasteiger partial charge is 0.282 e. The van der Waals surface area contributed by atoms with E-state index in [1.165, 1.54) is 0 Å². The Bertz CT molecular complexity index is 521. The van der Waals surface area contributed by atoms with Crippen molar-refractivity contribution in [2.45, 2.75) is 38.1 Å². The molecule has 1 N–H and O–H groups in total. The van der Waals surface area contributed by atoms with Crippen molar-refractivity contribution in [1.29, 1.82) is 0 Å². The van der Waals surface area contributed by atoms with Crippen LogP contribution in [0.4, 0.5) is 10.1 Å². The molecular weight excluding hydrogens is 251 g/mol. The van der Waals surface area contributed by atoms with Crippen molar-refractivity contribution in [3.63, 3.8) is 0 Å². The van der Waals surface area contributed by atoms with Crippen molar-refractivity contribution in [2.24, 2.45) is 0 Å². The summed E-state index contributed by atoms with van der Waals surface area (Å²) in [7, 11) is 0. The number of benzene rings is 1. The molecule has 1 aromatic rings. The lowest BCUT2D eigenvalue weighted by Crippen LogP contribution is -2.53. The molecule has 0 bridgehead atoms. The third-order valence-corrected chi connectivity index (χ3v) is 3.77. The number of amides is 1. The van der Waals surface area contributed by atoms with Gasteiger partial charge in [-0.25, -0.2) is 4.39 Å². The quantitative estimate of drug-likeness (QED) is 0.672. The van der Waals surface area contributed by atoms with Crippen LogP contribution in [0, 0.1) is 15.9 Å².